The highest BCUT2D eigenvalue weighted by atomic mass is 79.9. The van der Waals surface area contributed by atoms with Crippen LogP contribution in [0.5, 0.6) is 0 Å². The van der Waals surface area contributed by atoms with Crippen LogP contribution in [0, 0.1) is 5.82 Å². The maximum Gasteiger partial charge on any atom is 0.127 e. The molecule has 0 aromatic heterocycles. The molecule has 0 saturated heterocycles. The van der Waals surface area contributed by atoms with Crippen molar-refractivity contribution >= 4 is 15.9 Å². The SMILES string of the molecule is CCNC(Cc1ccc(Br)cc1F)C(CC)OCC. The number of hydrogen-bond donors (Lipinski definition) is 1. The van der Waals surface area contributed by atoms with Gasteiger partial charge in [0.05, 0.1) is 6.10 Å². The molecule has 1 N–H and O–H groups in total. The second-order valence-electron chi connectivity index (χ2n) is 4.51. The minimum absolute atomic E-state index is 0.119. The molecule has 0 heterocycles. The zero-order valence-corrected chi connectivity index (χ0v) is 13.5. The Bertz CT molecular complexity index is 386. The highest BCUT2D eigenvalue weighted by Gasteiger charge is 2.21. The van der Waals surface area contributed by atoms with E-state index in [1.807, 2.05) is 19.1 Å². The summed E-state index contributed by atoms with van der Waals surface area (Å²) in [7, 11) is 0. The first-order chi connectivity index (χ1) is 9.12. The molecule has 0 radical (unpaired) electrons. The minimum Gasteiger partial charge on any atom is -0.377 e. The predicted octanol–water partition coefficient (Wildman–Crippen LogP) is 3.92. The van der Waals surface area contributed by atoms with E-state index in [1.54, 1.807) is 0 Å². The van der Waals surface area contributed by atoms with Crippen molar-refractivity contribution in [2.45, 2.75) is 45.8 Å². The molecule has 0 saturated carbocycles. The molecule has 0 spiro atoms. The first kappa shape index (κ1) is 16.6. The summed E-state index contributed by atoms with van der Waals surface area (Å²) in [5.74, 6) is -0.163. The van der Waals surface area contributed by atoms with Gasteiger partial charge in [-0.05, 0) is 44.0 Å². The first-order valence-electron chi connectivity index (χ1n) is 6.91. The Labute approximate surface area is 123 Å². The molecule has 1 rings (SSSR count). The molecule has 0 fully saturated rings. The second-order valence-corrected chi connectivity index (χ2v) is 5.42. The maximum absolute atomic E-state index is 13.9. The lowest BCUT2D eigenvalue weighted by atomic mass is 9.99. The molecule has 2 nitrogen and oxygen atoms in total. The second kappa shape index (κ2) is 8.67. The zero-order chi connectivity index (χ0) is 14.3. The summed E-state index contributed by atoms with van der Waals surface area (Å²) < 4.78 is 20.4. The standard InChI is InChI=1S/C15H23BrFNO/c1-4-15(19-6-3)14(18-5-2)9-11-7-8-12(16)10-13(11)17/h7-8,10,14-15,18H,4-6,9H2,1-3H3. The molecule has 108 valence electrons. The van der Waals surface area contributed by atoms with Gasteiger partial charge in [-0.15, -0.1) is 0 Å². The van der Waals surface area contributed by atoms with Gasteiger partial charge in [-0.1, -0.05) is 35.8 Å². The lowest BCUT2D eigenvalue weighted by Gasteiger charge is -2.27. The molecular formula is C15H23BrFNO. The fourth-order valence-corrected chi connectivity index (χ4v) is 2.59. The van der Waals surface area contributed by atoms with Gasteiger partial charge in [-0.3, -0.25) is 0 Å². The van der Waals surface area contributed by atoms with E-state index in [9.17, 15) is 4.39 Å². The van der Waals surface area contributed by atoms with Gasteiger partial charge in [0, 0.05) is 17.1 Å². The van der Waals surface area contributed by atoms with Crippen LogP contribution in [0.3, 0.4) is 0 Å². The van der Waals surface area contributed by atoms with Gasteiger partial charge < -0.3 is 10.1 Å². The van der Waals surface area contributed by atoms with Gasteiger partial charge in [0.15, 0.2) is 0 Å². The fourth-order valence-electron chi connectivity index (χ4n) is 2.25. The Morgan fingerprint density at radius 3 is 2.58 bits per heavy atom. The lowest BCUT2D eigenvalue weighted by Crippen LogP contribution is -2.43. The summed E-state index contributed by atoms with van der Waals surface area (Å²) >= 11 is 3.28. The van der Waals surface area contributed by atoms with E-state index in [-0.39, 0.29) is 18.0 Å². The van der Waals surface area contributed by atoms with Gasteiger partial charge in [0.2, 0.25) is 0 Å². The van der Waals surface area contributed by atoms with E-state index in [1.165, 1.54) is 6.07 Å². The van der Waals surface area contributed by atoms with Crippen LogP contribution >= 0.6 is 15.9 Å². The summed E-state index contributed by atoms with van der Waals surface area (Å²) in [6, 6.07) is 5.37. The molecule has 0 amide bonds. The third kappa shape index (κ3) is 5.21. The molecule has 4 heteroatoms. The lowest BCUT2D eigenvalue weighted by molar-refractivity contribution is 0.0321. The van der Waals surface area contributed by atoms with Gasteiger partial charge in [0.25, 0.3) is 0 Å². The van der Waals surface area contributed by atoms with Crippen molar-refractivity contribution in [3.05, 3.63) is 34.1 Å². The molecule has 2 atom stereocenters. The Morgan fingerprint density at radius 1 is 1.32 bits per heavy atom. The molecule has 19 heavy (non-hydrogen) atoms. The van der Waals surface area contributed by atoms with Gasteiger partial charge >= 0.3 is 0 Å². The van der Waals surface area contributed by atoms with E-state index in [2.05, 4.69) is 35.1 Å². The van der Waals surface area contributed by atoms with Crippen molar-refractivity contribution < 1.29 is 9.13 Å². The number of likely N-dealkylation sites (N-methyl/N-ethyl adjacent to an activating group) is 1. The average Bonchev–Trinajstić information content (AvgIpc) is 2.38. The summed E-state index contributed by atoms with van der Waals surface area (Å²) in [5, 5.41) is 3.41. The summed E-state index contributed by atoms with van der Waals surface area (Å²) in [4.78, 5) is 0. The van der Waals surface area contributed by atoms with E-state index in [0.717, 1.165) is 23.0 Å². The quantitative estimate of drug-likeness (QED) is 0.779. The normalized spacial score (nSPS) is 14.4. The van der Waals surface area contributed by atoms with Crippen LogP contribution < -0.4 is 5.32 Å². The smallest absolute Gasteiger partial charge is 0.127 e. The highest BCUT2D eigenvalue weighted by Crippen LogP contribution is 2.18. The summed E-state index contributed by atoms with van der Waals surface area (Å²) in [6.45, 7) is 7.69. The molecule has 0 bridgehead atoms. The molecule has 1 aromatic carbocycles. The number of hydrogen-bond acceptors (Lipinski definition) is 2. The Hall–Kier alpha value is -0.450. The van der Waals surface area contributed by atoms with Crippen molar-refractivity contribution in [1.29, 1.82) is 0 Å². The minimum atomic E-state index is -0.163. The van der Waals surface area contributed by atoms with Crippen LogP contribution in [-0.2, 0) is 11.2 Å². The monoisotopic (exact) mass is 331 g/mol. The Morgan fingerprint density at radius 2 is 2.05 bits per heavy atom. The average molecular weight is 332 g/mol. The number of nitrogens with one attached hydrogen (secondary N) is 1. The van der Waals surface area contributed by atoms with Crippen molar-refractivity contribution in [3.8, 4) is 0 Å². The molecule has 1 aromatic rings. The highest BCUT2D eigenvalue weighted by molar-refractivity contribution is 9.10. The van der Waals surface area contributed by atoms with Crippen molar-refractivity contribution in [2.24, 2.45) is 0 Å². The summed E-state index contributed by atoms with van der Waals surface area (Å²) in [6.07, 6.45) is 1.68. The fraction of sp³-hybridized carbons (Fsp3) is 0.600. The number of benzene rings is 1. The van der Waals surface area contributed by atoms with E-state index in [0.29, 0.717) is 13.0 Å². The van der Waals surface area contributed by atoms with Crippen LogP contribution in [0.15, 0.2) is 22.7 Å². The van der Waals surface area contributed by atoms with Crippen molar-refractivity contribution in [3.63, 3.8) is 0 Å². The maximum atomic E-state index is 13.9. The van der Waals surface area contributed by atoms with E-state index < -0.39 is 0 Å². The van der Waals surface area contributed by atoms with Crippen LogP contribution in [0.1, 0.15) is 32.8 Å². The number of halogens is 2. The van der Waals surface area contributed by atoms with Crippen molar-refractivity contribution in [2.75, 3.05) is 13.2 Å². The topological polar surface area (TPSA) is 21.3 Å². The van der Waals surface area contributed by atoms with Gasteiger partial charge in [-0.25, -0.2) is 4.39 Å². The molecule has 0 aliphatic heterocycles. The Kier molecular flexibility index (Phi) is 7.57. The third-order valence-electron chi connectivity index (χ3n) is 3.15. The molecule has 0 aliphatic carbocycles. The molecular weight excluding hydrogens is 309 g/mol. The largest absolute Gasteiger partial charge is 0.377 e. The van der Waals surface area contributed by atoms with Gasteiger partial charge in [-0.2, -0.15) is 0 Å². The molecule has 0 aliphatic rings. The van der Waals surface area contributed by atoms with Crippen LogP contribution in [0.2, 0.25) is 0 Å². The third-order valence-corrected chi connectivity index (χ3v) is 3.65. The van der Waals surface area contributed by atoms with Crippen LogP contribution in [0.4, 0.5) is 4.39 Å². The van der Waals surface area contributed by atoms with Crippen LogP contribution in [0.25, 0.3) is 0 Å². The number of ether oxygens (including phenoxy) is 1. The zero-order valence-electron chi connectivity index (χ0n) is 11.9. The Balaban J connectivity index is 2.81. The van der Waals surface area contributed by atoms with E-state index >= 15 is 0 Å². The van der Waals surface area contributed by atoms with Crippen molar-refractivity contribution in [1.82, 2.24) is 5.32 Å². The summed E-state index contributed by atoms with van der Waals surface area (Å²) in [5.41, 5.74) is 0.729. The van der Waals surface area contributed by atoms with Crippen LogP contribution in [-0.4, -0.2) is 25.3 Å². The predicted molar refractivity (Wildman–Crippen MR) is 81.0 cm³/mol. The first-order valence-corrected chi connectivity index (χ1v) is 7.70. The van der Waals surface area contributed by atoms with Gasteiger partial charge in [0.1, 0.15) is 5.82 Å². The van der Waals surface area contributed by atoms with E-state index in [4.69, 9.17) is 4.74 Å². The molecule has 2 unspecified atom stereocenters. The number of rotatable bonds is 8.